The third-order valence-electron chi connectivity index (χ3n) is 5.65. The maximum absolute atomic E-state index is 13.4. The van der Waals surface area contributed by atoms with Crippen LogP contribution >= 0.6 is 0 Å². The normalized spacial score (nSPS) is 22.9. The van der Waals surface area contributed by atoms with Gasteiger partial charge in [0.25, 0.3) is 5.56 Å². The number of sulfonamides is 1. The average Bonchev–Trinajstić information content (AvgIpc) is 2.54. The minimum atomic E-state index is -3.55. The fraction of sp³-hybridized carbons (Fsp3) is 0.450. The van der Waals surface area contributed by atoms with Crippen molar-refractivity contribution in [3.05, 3.63) is 63.1 Å². The quantitative estimate of drug-likeness (QED) is 0.814. The number of benzene rings is 1. The van der Waals surface area contributed by atoms with Gasteiger partial charge in [-0.2, -0.15) is 4.31 Å². The molecule has 0 unspecified atom stereocenters. The van der Waals surface area contributed by atoms with Crippen LogP contribution in [0.3, 0.4) is 0 Å². The van der Waals surface area contributed by atoms with Crippen LogP contribution in [-0.2, 0) is 16.6 Å². The van der Waals surface area contributed by atoms with Gasteiger partial charge in [0, 0.05) is 37.3 Å². The van der Waals surface area contributed by atoms with Crippen LogP contribution in [0.5, 0.6) is 0 Å². The molecule has 0 aliphatic carbocycles. The Kier molecular flexibility index (Phi) is 4.08. The van der Waals surface area contributed by atoms with E-state index in [1.807, 2.05) is 43.5 Å². The van der Waals surface area contributed by atoms with Crippen LogP contribution in [0.15, 0.2) is 40.0 Å². The van der Waals surface area contributed by atoms with Gasteiger partial charge in [0.15, 0.2) is 0 Å². The summed E-state index contributed by atoms with van der Waals surface area (Å²) < 4.78 is 30.3. The number of aryl methyl sites for hydroxylation is 3. The summed E-state index contributed by atoms with van der Waals surface area (Å²) >= 11 is 0. The van der Waals surface area contributed by atoms with Crippen molar-refractivity contribution >= 4 is 10.0 Å². The summed E-state index contributed by atoms with van der Waals surface area (Å²) in [5, 5.41) is 0. The van der Waals surface area contributed by atoms with Crippen molar-refractivity contribution < 1.29 is 8.42 Å². The van der Waals surface area contributed by atoms with Crippen molar-refractivity contribution in [2.24, 2.45) is 5.92 Å². The second kappa shape index (κ2) is 6.06. The van der Waals surface area contributed by atoms with Crippen LogP contribution in [0, 0.1) is 26.7 Å². The zero-order valence-electron chi connectivity index (χ0n) is 15.4. The first kappa shape index (κ1) is 17.5. The summed E-state index contributed by atoms with van der Waals surface area (Å²) in [6.07, 6.45) is 0.946. The summed E-state index contributed by atoms with van der Waals surface area (Å²) in [5.41, 5.74) is 3.65. The zero-order chi connectivity index (χ0) is 18.6. The highest BCUT2D eigenvalue weighted by Gasteiger charge is 2.40. The van der Waals surface area contributed by atoms with Crippen molar-refractivity contribution in [2.45, 2.75) is 44.6 Å². The van der Waals surface area contributed by atoms with Crippen molar-refractivity contribution in [2.75, 3.05) is 13.1 Å². The van der Waals surface area contributed by atoms with Gasteiger partial charge in [0.2, 0.25) is 10.0 Å². The number of pyridine rings is 1. The molecule has 1 fully saturated rings. The van der Waals surface area contributed by atoms with E-state index in [-0.39, 0.29) is 17.4 Å². The predicted molar refractivity (Wildman–Crippen MR) is 101 cm³/mol. The number of hydrogen-bond acceptors (Lipinski definition) is 3. The van der Waals surface area contributed by atoms with E-state index >= 15 is 0 Å². The molecule has 5 nitrogen and oxygen atoms in total. The van der Waals surface area contributed by atoms with Crippen molar-refractivity contribution in [1.82, 2.24) is 8.87 Å². The smallest absolute Gasteiger partial charge is 0.250 e. The van der Waals surface area contributed by atoms with E-state index < -0.39 is 10.0 Å². The summed E-state index contributed by atoms with van der Waals surface area (Å²) in [7, 11) is -3.55. The molecule has 2 aromatic rings. The zero-order valence-corrected chi connectivity index (χ0v) is 16.2. The van der Waals surface area contributed by atoms with Gasteiger partial charge in [-0.1, -0.05) is 23.8 Å². The van der Waals surface area contributed by atoms with E-state index in [2.05, 4.69) is 0 Å². The van der Waals surface area contributed by atoms with Crippen LogP contribution in [0.2, 0.25) is 0 Å². The Morgan fingerprint density at radius 3 is 2.38 bits per heavy atom. The molecule has 0 radical (unpaired) electrons. The number of hydrogen-bond donors (Lipinski definition) is 0. The molecule has 2 bridgehead atoms. The van der Waals surface area contributed by atoms with Gasteiger partial charge < -0.3 is 4.57 Å². The van der Waals surface area contributed by atoms with E-state index in [1.165, 1.54) is 0 Å². The number of fused-ring (bicyclic) bond motifs is 4. The number of piperidine rings is 1. The molecule has 138 valence electrons. The lowest BCUT2D eigenvalue weighted by Gasteiger charge is -2.42. The third-order valence-corrected chi connectivity index (χ3v) is 7.79. The molecule has 0 spiro atoms. The molecule has 26 heavy (non-hydrogen) atoms. The Morgan fingerprint density at radius 1 is 1.00 bits per heavy atom. The van der Waals surface area contributed by atoms with Crippen LogP contribution in [0.4, 0.5) is 0 Å². The Labute approximate surface area is 154 Å². The van der Waals surface area contributed by atoms with Gasteiger partial charge in [0.05, 0.1) is 4.90 Å². The summed E-state index contributed by atoms with van der Waals surface area (Å²) in [6, 6.07) is 9.17. The van der Waals surface area contributed by atoms with Crippen LogP contribution in [0.25, 0.3) is 0 Å². The fourth-order valence-corrected chi connectivity index (χ4v) is 6.72. The lowest BCUT2D eigenvalue weighted by atomic mass is 9.84. The van der Waals surface area contributed by atoms with E-state index in [4.69, 9.17) is 0 Å². The van der Waals surface area contributed by atoms with Crippen LogP contribution < -0.4 is 5.56 Å². The molecule has 0 saturated carbocycles. The van der Waals surface area contributed by atoms with Crippen LogP contribution in [0.1, 0.15) is 34.7 Å². The lowest BCUT2D eigenvalue weighted by molar-refractivity contribution is 0.186. The minimum Gasteiger partial charge on any atom is -0.312 e. The van der Waals surface area contributed by atoms with E-state index in [9.17, 15) is 13.2 Å². The Balaban J connectivity index is 1.74. The van der Waals surface area contributed by atoms with Crippen molar-refractivity contribution in [3.63, 3.8) is 0 Å². The van der Waals surface area contributed by atoms with E-state index in [1.54, 1.807) is 16.4 Å². The number of nitrogens with zero attached hydrogens (tertiary/aromatic N) is 2. The first-order chi connectivity index (χ1) is 12.3. The predicted octanol–water partition coefficient (Wildman–Crippen LogP) is 2.58. The highest BCUT2D eigenvalue weighted by molar-refractivity contribution is 7.89. The van der Waals surface area contributed by atoms with Gasteiger partial charge in [0.1, 0.15) is 0 Å². The molecule has 1 aromatic carbocycles. The molecule has 2 aliphatic heterocycles. The molecular weight excluding hydrogens is 348 g/mol. The van der Waals surface area contributed by atoms with Crippen LogP contribution in [-0.4, -0.2) is 30.4 Å². The molecule has 6 heteroatoms. The molecule has 4 rings (SSSR count). The average molecular weight is 372 g/mol. The van der Waals surface area contributed by atoms with E-state index in [0.717, 1.165) is 28.8 Å². The largest absolute Gasteiger partial charge is 0.312 e. The van der Waals surface area contributed by atoms with Gasteiger partial charge >= 0.3 is 0 Å². The van der Waals surface area contributed by atoms with Gasteiger partial charge in [-0.25, -0.2) is 8.42 Å². The lowest BCUT2D eigenvalue weighted by Crippen LogP contribution is -2.49. The Hall–Kier alpha value is -1.92. The Bertz CT molecular complexity index is 1020. The molecule has 1 saturated heterocycles. The summed E-state index contributed by atoms with van der Waals surface area (Å²) in [4.78, 5) is 12.6. The highest BCUT2D eigenvalue weighted by atomic mass is 32.2. The molecular formula is C20H24N2O3S. The highest BCUT2D eigenvalue weighted by Crippen LogP contribution is 2.38. The topological polar surface area (TPSA) is 59.4 Å². The summed E-state index contributed by atoms with van der Waals surface area (Å²) in [6.45, 7) is 7.24. The maximum Gasteiger partial charge on any atom is 0.250 e. The van der Waals surface area contributed by atoms with Crippen molar-refractivity contribution in [1.29, 1.82) is 0 Å². The molecule has 2 atom stereocenters. The molecule has 0 N–H and O–H groups in total. The summed E-state index contributed by atoms with van der Waals surface area (Å²) in [5.74, 6) is 0.263. The van der Waals surface area contributed by atoms with Gasteiger partial charge in [-0.3, -0.25) is 4.79 Å². The first-order valence-electron chi connectivity index (χ1n) is 9.05. The standard InChI is InChI=1S/C20H24N2O3S/c1-13-7-14(2)20(15(3)8-13)26(24,25)21-10-16-9-17(12-21)18-5-4-6-19(23)22(18)11-16/h4-8,16-17H,9-12H2,1-3H3/t16-,17+/m1/s1. The van der Waals surface area contributed by atoms with E-state index in [0.29, 0.717) is 24.5 Å². The minimum absolute atomic E-state index is 0.0127. The second-order valence-corrected chi connectivity index (χ2v) is 9.62. The third kappa shape index (κ3) is 2.72. The maximum atomic E-state index is 13.4. The number of aromatic nitrogens is 1. The Morgan fingerprint density at radius 2 is 1.69 bits per heavy atom. The SMILES string of the molecule is Cc1cc(C)c(S(=O)(=O)N2C[C@H]3C[C@@H](C2)c2cccc(=O)n2C3)c(C)c1. The molecule has 1 aromatic heterocycles. The second-order valence-electron chi connectivity index (χ2n) is 7.75. The first-order valence-corrected chi connectivity index (χ1v) is 10.5. The number of rotatable bonds is 2. The van der Waals surface area contributed by atoms with Gasteiger partial charge in [-0.15, -0.1) is 0 Å². The van der Waals surface area contributed by atoms with Gasteiger partial charge in [-0.05, 0) is 50.3 Å². The van der Waals surface area contributed by atoms with Crippen molar-refractivity contribution in [3.8, 4) is 0 Å². The molecule has 0 amide bonds. The fourth-order valence-electron chi connectivity index (χ4n) is 4.75. The molecule has 3 heterocycles. The monoisotopic (exact) mass is 372 g/mol. The molecule has 2 aliphatic rings.